The van der Waals surface area contributed by atoms with E-state index >= 15 is 0 Å². The summed E-state index contributed by atoms with van der Waals surface area (Å²) in [6.45, 7) is 0.725. The molecule has 0 bridgehead atoms. The highest BCUT2D eigenvalue weighted by molar-refractivity contribution is 5.55. The lowest BCUT2D eigenvalue weighted by molar-refractivity contribution is 0.368. The van der Waals surface area contributed by atoms with Crippen LogP contribution in [0, 0.1) is 17.2 Å². The Morgan fingerprint density at radius 2 is 1.95 bits per heavy atom. The zero-order chi connectivity index (χ0) is 14.2. The van der Waals surface area contributed by atoms with E-state index in [9.17, 15) is 0 Å². The largest absolute Gasteiger partial charge is 0.479 e. The molecule has 20 heavy (non-hydrogen) atoms. The summed E-state index contributed by atoms with van der Waals surface area (Å²) in [4.78, 5) is 0. The maximum Gasteiger partial charge on any atom is 0.174 e. The van der Waals surface area contributed by atoms with Gasteiger partial charge in [-0.2, -0.15) is 5.26 Å². The number of rotatable bonds is 5. The first-order chi connectivity index (χ1) is 9.83. The number of nitriles is 1. The van der Waals surface area contributed by atoms with E-state index in [1.54, 1.807) is 0 Å². The predicted octanol–water partition coefficient (Wildman–Crippen LogP) is 3.51. The summed E-state index contributed by atoms with van der Waals surface area (Å²) >= 11 is 0. The van der Waals surface area contributed by atoms with Crippen LogP contribution < -0.4 is 10.5 Å². The van der Waals surface area contributed by atoms with Gasteiger partial charge >= 0.3 is 0 Å². The van der Waals surface area contributed by atoms with E-state index in [-0.39, 0.29) is 6.61 Å². The van der Waals surface area contributed by atoms with Crippen molar-refractivity contribution in [2.75, 3.05) is 13.2 Å². The lowest BCUT2D eigenvalue weighted by atomic mass is 9.83. The Balaban J connectivity index is 2.05. The van der Waals surface area contributed by atoms with Crippen LogP contribution in [0.25, 0.3) is 6.08 Å². The van der Waals surface area contributed by atoms with Crippen LogP contribution in [0.4, 0.5) is 0 Å². The summed E-state index contributed by atoms with van der Waals surface area (Å²) in [5.41, 5.74) is 8.43. The highest BCUT2D eigenvalue weighted by Gasteiger charge is 2.16. The molecular weight excluding hydrogens is 248 g/mol. The van der Waals surface area contributed by atoms with Crippen LogP contribution in [-0.2, 0) is 0 Å². The Morgan fingerprint density at radius 3 is 2.55 bits per heavy atom. The van der Waals surface area contributed by atoms with Gasteiger partial charge in [0.15, 0.2) is 6.61 Å². The molecule has 1 aliphatic carbocycles. The third-order valence-electron chi connectivity index (χ3n) is 3.90. The molecule has 1 aliphatic rings. The molecule has 1 fully saturated rings. The summed E-state index contributed by atoms with van der Waals surface area (Å²) in [6, 6.07) is 9.80. The second-order valence-electron chi connectivity index (χ2n) is 5.27. The Hall–Kier alpha value is -1.79. The Morgan fingerprint density at radius 1 is 1.25 bits per heavy atom. The summed E-state index contributed by atoms with van der Waals surface area (Å²) in [6.07, 6.45) is 8.76. The number of nitrogens with two attached hydrogens (primary N) is 1. The van der Waals surface area contributed by atoms with E-state index < -0.39 is 0 Å². The highest BCUT2D eigenvalue weighted by atomic mass is 16.5. The van der Waals surface area contributed by atoms with Crippen LogP contribution in [0.5, 0.6) is 5.75 Å². The van der Waals surface area contributed by atoms with Crippen LogP contribution in [0.1, 0.15) is 37.7 Å². The van der Waals surface area contributed by atoms with Gasteiger partial charge < -0.3 is 10.5 Å². The number of ether oxygens (including phenoxy) is 1. The molecule has 106 valence electrons. The predicted molar refractivity (Wildman–Crippen MR) is 81.2 cm³/mol. The Bertz CT molecular complexity index is 479. The van der Waals surface area contributed by atoms with Gasteiger partial charge in [-0.25, -0.2) is 0 Å². The molecule has 3 heteroatoms. The molecule has 2 N–H and O–H groups in total. The van der Waals surface area contributed by atoms with Crippen LogP contribution in [-0.4, -0.2) is 13.2 Å². The van der Waals surface area contributed by atoms with Crippen molar-refractivity contribution in [2.45, 2.75) is 32.1 Å². The maximum absolute atomic E-state index is 8.48. The Labute approximate surface area is 121 Å². The smallest absolute Gasteiger partial charge is 0.174 e. The third-order valence-corrected chi connectivity index (χ3v) is 3.90. The SMILES string of the molecule is N#CCOc1ccc(/C=C(/CN)C2CCCCC2)cc1. The second-order valence-corrected chi connectivity index (χ2v) is 5.27. The van der Waals surface area contributed by atoms with Crippen molar-refractivity contribution in [2.24, 2.45) is 11.7 Å². The number of nitrogens with zero attached hydrogens (tertiary/aromatic N) is 1. The molecule has 3 nitrogen and oxygen atoms in total. The standard InChI is InChI=1S/C17H22N2O/c18-10-11-20-17-8-6-14(7-9-17)12-16(13-19)15-4-2-1-3-5-15/h6-9,12,15H,1-5,11,13,19H2/b16-12-. The molecule has 0 heterocycles. The highest BCUT2D eigenvalue weighted by Crippen LogP contribution is 2.30. The van der Waals surface area contributed by atoms with Crippen LogP contribution in [0.2, 0.25) is 0 Å². The summed E-state index contributed by atoms with van der Waals surface area (Å²) in [5, 5.41) is 8.48. The molecule has 0 unspecified atom stereocenters. The van der Waals surface area contributed by atoms with Gasteiger partial charge in [-0.3, -0.25) is 0 Å². The van der Waals surface area contributed by atoms with Crippen LogP contribution >= 0.6 is 0 Å². The lowest BCUT2D eigenvalue weighted by Gasteiger charge is -2.24. The fourth-order valence-corrected chi connectivity index (χ4v) is 2.81. The first-order valence-electron chi connectivity index (χ1n) is 7.34. The maximum atomic E-state index is 8.48. The molecule has 1 aromatic carbocycles. The van der Waals surface area contributed by atoms with Crippen molar-refractivity contribution < 1.29 is 4.74 Å². The van der Waals surface area contributed by atoms with Gasteiger partial charge in [-0.1, -0.05) is 43.0 Å². The molecule has 1 aromatic rings. The Kier molecular flexibility index (Phi) is 5.64. The van der Waals surface area contributed by atoms with Crippen molar-refractivity contribution in [3.8, 4) is 11.8 Å². The van der Waals surface area contributed by atoms with Gasteiger partial charge in [0.05, 0.1) is 0 Å². The summed E-state index contributed by atoms with van der Waals surface area (Å²) in [5.74, 6) is 1.39. The third kappa shape index (κ3) is 4.11. The van der Waals surface area contributed by atoms with Crippen molar-refractivity contribution >= 4 is 6.08 Å². The minimum Gasteiger partial charge on any atom is -0.479 e. The molecule has 0 spiro atoms. The quantitative estimate of drug-likeness (QED) is 0.890. The van der Waals surface area contributed by atoms with Crippen molar-refractivity contribution in [1.82, 2.24) is 0 Å². The molecule has 0 radical (unpaired) electrons. The van der Waals surface area contributed by atoms with E-state index in [0.717, 1.165) is 11.3 Å². The van der Waals surface area contributed by atoms with Gasteiger partial charge in [0, 0.05) is 6.54 Å². The zero-order valence-corrected chi connectivity index (χ0v) is 11.8. The van der Waals surface area contributed by atoms with Crippen LogP contribution in [0.3, 0.4) is 0 Å². The van der Waals surface area contributed by atoms with Gasteiger partial charge in [0.2, 0.25) is 0 Å². The number of hydrogen-bond donors (Lipinski definition) is 1. The van der Waals surface area contributed by atoms with Gasteiger partial charge in [-0.05, 0) is 36.5 Å². The van der Waals surface area contributed by atoms with Crippen molar-refractivity contribution in [1.29, 1.82) is 5.26 Å². The molecule has 0 saturated heterocycles. The topological polar surface area (TPSA) is 59.0 Å². The van der Waals surface area contributed by atoms with E-state index in [0.29, 0.717) is 12.5 Å². The average molecular weight is 270 g/mol. The van der Waals surface area contributed by atoms with E-state index in [2.05, 4.69) is 6.08 Å². The molecule has 0 atom stereocenters. The molecule has 0 amide bonds. The van der Waals surface area contributed by atoms with Gasteiger partial charge in [0.25, 0.3) is 0 Å². The average Bonchev–Trinajstić information content (AvgIpc) is 2.52. The first-order valence-corrected chi connectivity index (χ1v) is 7.34. The second kappa shape index (κ2) is 7.72. The molecule has 1 saturated carbocycles. The fourth-order valence-electron chi connectivity index (χ4n) is 2.81. The molecule has 2 rings (SSSR count). The monoisotopic (exact) mass is 270 g/mol. The molecule has 0 aliphatic heterocycles. The van der Waals surface area contributed by atoms with Gasteiger partial charge in [0.1, 0.15) is 11.8 Å². The normalized spacial score (nSPS) is 16.7. The molecular formula is C17H22N2O. The zero-order valence-electron chi connectivity index (χ0n) is 11.8. The number of benzene rings is 1. The summed E-state index contributed by atoms with van der Waals surface area (Å²) in [7, 11) is 0. The first kappa shape index (κ1) is 14.6. The lowest BCUT2D eigenvalue weighted by Crippen LogP contribution is -2.16. The van der Waals surface area contributed by atoms with Crippen LogP contribution in [0.15, 0.2) is 29.8 Å². The number of hydrogen-bond acceptors (Lipinski definition) is 3. The molecule has 0 aromatic heterocycles. The van der Waals surface area contributed by atoms with E-state index in [1.165, 1.54) is 37.7 Å². The van der Waals surface area contributed by atoms with Crippen molar-refractivity contribution in [3.05, 3.63) is 35.4 Å². The van der Waals surface area contributed by atoms with E-state index in [1.807, 2.05) is 30.3 Å². The van der Waals surface area contributed by atoms with Crippen molar-refractivity contribution in [3.63, 3.8) is 0 Å². The van der Waals surface area contributed by atoms with Gasteiger partial charge in [-0.15, -0.1) is 0 Å². The summed E-state index contributed by atoms with van der Waals surface area (Å²) < 4.78 is 5.25. The fraction of sp³-hybridized carbons (Fsp3) is 0.471. The van der Waals surface area contributed by atoms with E-state index in [4.69, 9.17) is 15.7 Å². The minimum atomic E-state index is 0.0886. The minimum absolute atomic E-state index is 0.0886.